The number of hydrogen-bond donors (Lipinski definition) is 1. The molecule has 0 saturated carbocycles. The highest BCUT2D eigenvalue weighted by Crippen LogP contribution is 2.22. The smallest absolute Gasteiger partial charge is 0.102 e. The fraction of sp³-hybridized carbons (Fsp3) is 0.800. The second kappa shape index (κ2) is 9.90. The van der Waals surface area contributed by atoms with Gasteiger partial charge < -0.3 is 4.74 Å². The van der Waals surface area contributed by atoms with Crippen molar-refractivity contribution in [2.24, 2.45) is 0 Å². The number of hydrogen-bond acceptors (Lipinski definition) is 5. The van der Waals surface area contributed by atoms with Crippen LogP contribution in [0.2, 0.25) is 0 Å². The van der Waals surface area contributed by atoms with Crippen LogP contribution in [0.15, 0.2) is 11.5 Å². The topological polar surface area (TPSA) is 12.5 Å². The average Bonchev–Trinajstić information content (AvgIpc) is 2.34. The summed E-state index contributed by atoms with van der Waals surface area (Å²) in [5.74, 6) is 2.07. The van der Waals surface area contributed by atoms with Crippen LogP contribution in [0.4, 0.5) is 0 Å². The summed E-state index contributed by atoms with van der Waals surface area (Å²) in [5.41, 5.74) is 0. The van der Waals surface area contributed by atoms with E-state index < -0.39 is 0 Å². The summed E-state index contributed by atoms with van der Waals surface area (Å²) in [5, 5.41) is 2.14. The zero-order chi connectivity index (χ0) is 11.5. The van der Waals surface area contributed by atoms with Gasteiger partial charge in [0.05, 0.1) is 13.2 Å². The van der Waals surface area contributed by atoms with Gasteiger partial charge in [-0.1, -0.05) is 27.7 Å². The molecule has 1 saturated heterocycles. The van der Waals surface area contributed by atoms with Crippen molar-refractivity contribution in [2.75, 3.05) is 44.4 Å². The predicted molar refractivity (Wildman–Crippen MR) is 74.9 cm³/mol. The second-order valence-electron chi connectivity index (χ2n) is 3.24. The van der Waals surface area contributed by atoms with E-state index in [0.29, 0.717) is 0 Å². The Morgan fingerprint density at radius 3 is 3.13 bits per heavy atom. The minimum atomic E-state index is 0.891. The van der Waals surface area contributed by atoms with Gasteiger partial charge >= 0.3 is 0 Å². The van der Waals surface area contributed by atoms with Gasteiger partial charge in [-0.2, -0.15) is 12.5 Å². The molecule has 88 valence electrons. The largest absolute Gasteiger partial charge is 0.379 e. The molecule has 1 aliphatic heterocycles. The molecule has 5 heteroatoms. The first-order valence-corrected chi connectivity index (χ1v) is 8.21. The van der Waals surface area contributed by atoms with Crippen molar-refractivity contribution in [1.29, 1.82) is 1.12 Å². The summed E-state index contributed by atoms with van der Waals surface area (Å²) in [6.07, 6.45) is 3.15. The van der Waals surface area contributed by atoms with E-state index in [0.717, 1.165) is 57.6 Å². The molecule has 0 aromatic rings. The number of rotatable bonds is 8. The zero-order valence-electron chi connectivity index (χ0n) is 9.89. The first kappa shape index (κ1) is 12.2. The molecule has 0 aromatic carbocycles. The molecule has 0 bridgehead atoms. The minimum absolute atomic E-state index is 0.891. The third-order valence-corrected chi connectivity index (χ3v) is 4.37. The Morgan fingerprint density at radius 1 is 1.47 bits per heavy atom. The SMILES string of the molecule is [3H]SCC/C=C\SSCCN1CCOCC1. The van der Waals surface area contributed by atoms with E-state index in [4.69, 9.17) is 5.86 Å². The molecule has 15 heavy (non-hydrogen) atoms. The predicted octanol–water partition coefficient (Wildman–Crippen LogP) is 2.53. The van der Waals surface area contributed by atoms with Gasteiger partial charge in [-0.25, -0.2) is 0 Å². The highest BCUT2D eigenvalue weighted by molar-refractivity contribution is 8.77. The Kier molecular flexibility index (Phi) is 8.04. The molecule has 1 fully saturated rings. The molecule has 2 nitrogen and oxygen atoms in total. The summed E-state index contributed by atoms with van der Waals surface area (Å²) >= 11 is 1.15. The van der Waals surface area contributed by atoms with Crippen molar-refractivity contribution in [2.45, 2.75) is 6.42 Å². The molecule has 1 heterocycles. The highest BCUT2D eigenvalue weighted by Gasteiger charge is 2.08. The van der Waals surface area contributed by atoms with Gasteiger partial charge in [-0.05, 0) is 17.6 Å². The van der Waals surface area contributed by atoms with E-state index in [9.17, 15) is 0 Å². The number of allylic oxidation sites excluding steroid dienone is 1. The first-order chi connectivity index (χ1) is 7.93. The Bertz CT molecular complexity index is 189. The number of thiol groups is 1. The molecule has 1 aliphatic rings. The zero-order valence-corrected chi connectivity index (χ0v) is 11.3. The van der Waals surface area contributed by atoms with E-state index in [1.165, 1.54) is 5.75 Å². The van der Waals surface area contributed by atoms with Gasteiger partial charge in [0.15, 0.2) is 0 Å². The molecule has 1 rings (SSSR count). The van der Waals surface area contributed by atoms with Gasteiger partial charge in [-0.3, -0.25) is 4.90 Å². The average molecular weight is 267 g/mol. The number of morpholine rings is 1. The van der Waals surface area contributed by atoms with E-state index in [2.05, 4.69) is 16.4 Å². The fourth-order valence-corrected chi connectivity index (χ4v) is 3.10. The molecule has 0 amide bonds. The summed E-state index contributed by atoms with van der Waals surface area (Å²) in [6.45, 7) is 5.12. The maximum Gasteiger partial charge on any atom is 0.102 e. The van der Waals surface area contributed by atoms with Crippen LogP contribution in [-0.2, 0) is 4.74 Å². The summed E-state index contributed by atoms with van der Waals surface area (Å²) in [4.78, 5) is 2.46. The molecule has 0 N–H and O–H groups in total. The summed E-state index contributed by atoms with van der Waals surface area (Å²) in [7, 11) is 3.70. The Morgan fingerprint density at radius 2 is 2.33 bits per heavy atom. The van der Waals surface area contributed by atoms with Gasteiger partial charge in [0.2, 0.25) is 0 Å². The maximum atomic E-state index is 6.92. The molecule has 0 aliphatic carbocycles. The maximum absolute atomic E-state index is 6.92. The molecular formula is C10H19NOS3. The van der Waals surface area contributed by atoms with Crippen LogP contribution in [0.3, 0.4) is 0 Å². The lowest BCUT2D eigenvalue weighted by molar-refractivity contribution is 0.0410. The number of ether oxygens (including phenoxy) is 1. The molecule has 0 spiro atoms. The molecule has 0 aromatic heterocycles. The van der Waals surface area contributed by atoms with Crippen molar-refractivity contribution in [3.63, 3.8) is 0 Å². The quantitative estimate of drug-likeness (QED) is 0.412. The Labute approximate surface area is 107 Å². The van der Waals surface area contributed by atoms with Crippen LogP contribution in [0, 0.1) is 0 Å². The molecule has 0 radical (unpaired) electrons. The lowest BCUT2D eigenvalue weighted by Gasteiger charge is -2.25. The molecular weight excluding hydrogens is 246 g/mol. The summed E-state index contributed by atoms with van der Waals surface area (Å²) < 4.78 is 12.2. The van der Waals surface area contributed by atoms with Crippen molar-refractivity contribution < 1.29 is 4.74 Å². The van der Waals surface area contributed by atoms with E-state index in [-0.39, 0.29) is 0 Å². The van der Waals surface area contributed by atoms with Gasteiger partial charge in [-0.15, -0.1) is 0 Å². The molecule has 0 atom stereocenters. The van der Waals surface area contributed by atoms with E-state index in [1.54, 1.807) is 10.8 Å². The van der Waals surface area contributed by atoms with E-state index in [1.807, 2.05) is 10.8 Å². The Balaban J connectivity index is 1.85. The van der Waals surface area contributed by atoms with Gasteiger partial charge in [0.1, 0.15) is 1.12 Å². The van der Waals surface area contributed by atoms with Gasteiger partial charge in [0.25, 0.3) is 0 Å². The third kappa shape index (κ3) is 7.58. The van der Waals surface area contributed by atoms with Crippen molar-refractivity contribution in [1.82, 2.24) is 4.90 Å². The lowest BCUT2D eigenvalue weighted by Crippen LogP contribution is -2.37. The van der Waals surface area contributed by atoms with Gasteiger partial charge in [0, 0.05) is 25.4 Å². The normalized spacial score (nSPS) is 19.6. The lowest BCUT2D eigenvalue weighted by atomic mass is 10.4. The second-order valence-corrected chi connectivity index (χ2v) is 6.04. The first-order valence-electron chi connectivity index (χ1n) is 5.66. The highest BCUT2D eigenvalue weighted by atomic mass is 33.1. The van der Waals surface area contributed by atoms with Crippen molar-refractivity contribution >= 4 is 34.1 Å². The molecule has 0 unspecified atom stereocenters. The van der Waals surface area contributed by atoms with Crippen molar-refractivity contribution in [3.8, 4) is 0 Å². The van der Waals surface area contributed by atoms with Crippen LogP contribution >= 0.6 is 34.1 Å². The monoisotopic (exact) mass is 267 g/mol. The Hall–Kier alpha value is 0.710. The van der Waals surface area contributed by atoms with Crippen LogP contribution in [0.5, 0.6) is 0 Å². The van der Waals surface area contributed by atoms with Crippen LogP contribution < -0.4 is 0 Å². The van der Waals surface area contributed by atoms with Crippen LogP contribution in [-0.4, -0.2) is 50.4 Å². The van der Waals surface area contributed by atoms with E-state index >= 15 is 0 Å². The minimum Gasteiger partial charge on any atom is -0.379 e. The summed E-state index contributed by atoms with van der Waals surface area (Å²) in [6, 6.07) is 0. The third-order valence-electron chi connectivity index (χ3n) is 2.10. The number of nitrogens with zero attached hydrogens (tertiary/aromatic N) is 1. The standard InChI is InChI=1S/C10H19NOS3/c13-8-1-2-9-14-15-10-5-11-3-6-12-7-4-11/h2,9,13H,1,3-8,10H2/b9-2-/i/hT. The van der Waals surface area contributed by atoms with Crippen molar-refractivity contribution in [3.05, 3.63) is 11.5 Å². The van der Waals surface area contributed by atoms with Crippen LogP contribution in [0.1, 0.15) is 6.42 Å². The fourth-order valence-electron chi connectivity index (χ4n) is 1.25. The van der Waals surface area contributed by atoms with Crippen LogP contribution in [0.25, 0.3) is 0 Å².